The summed E-state index contributed by atoms with van der Waals surface area (Å²) in [7, 11) is 0. The van der Waals surface area contributed by atoms with Crippen LogP contribution in [0.25, 0.3) is 0 Å². The molecule has 2 heterocycles. The zero-order valence-electron chi connectivity index (χ0n) is 11.3. The normalized spacial score (nSPS) is 21.6. The van der Waals surface area contributed by atoms with Crippen molar-refractivity contribution in [3.8, 4) is 0 Å². The first kappa shape index (κ1) is 13.1. The van der Waals surface area contributed by atoms with Gasteiger partial charge in [-0.2, -0.15) is 0 Å². The molecule has 0 saturated carbocycles. The number of carbonyl (C=O) groups is 2. The topological polar surface area (TPSA) is 69.6 Å². The summed E-state index contributed by atoms with van der Waals surface area (Å²) in [5.41, 5.74) is 2.11. The van der Waals surface area contributed by atoms with Gasteiger partial charge in [0.1, 0.15) is 0 Å². The molecule has 1 amide bonds. The first-order chi connectivity index (χ1) is 9.66. The predicted molar refractivity (Wildman–Crippen MR) is 75.1 cm³/mol. The van der Waals surface area contributed by atoms with Crippen LogP contribution in [0.2, 0.25) is 0 Å². The number of rotatable bonds is 2. The van der Waals surface area contributed by atoms with Crippen molar-refractivity contribution in [1.29, 1.82) is 0 Å². The second-order valence-electron chi connectivity index (χ2n) is 5.39. The van der Waals surface area contributed by atoms with E-state index in [2.05, 4.69) is 5.32 Å². The van der Waals surface area contributed by atoms with Gasteiger partial charge in [0.2, 0.25) is 5.91 Å². The van der Waals surface area contributed by atoms with E-state index in [1.165, 1.54) is 0 Å². The molecule has 0 spiro atoms. The molecule has 0 aromatic heterocycles. The highest BCUT2D eigenvalue weighted by Gasteiger charge is 2.31. The van der Waals surface area contributed by atoms with Crippen LogP contribution < -0.4 is 10.2 Å². The van der Waals surface area contributed by atoms with Crippen LogP contribution in [-0.2, 0) is 11.2 Å². The third kappa shape index (κ3) is 2.29. The van der Waals surface area contributed by atoms with Crippen LogP contribution in [-0.4, -0.2) is 36.1 Å². The zero-order valence-corrected chi connectivity index (χ0v) is 11.3. The van der Waals surface area contributed by atoms with Gasteiger partial charge in [-0.05, 0) is 49.6 Å². The first-order valence-electron chi connectivity index (χ1n) is 7.08. The Morgan fingerprint density at radius 2 is 2.15 bits per heavy atom. The molecule has 0 bridgehead atoms. The van der Waals surface area contributed by atoms with Crippen molar-refractivity contribution in [3.63, 3.8) is 0 Å². The van der Waals surface area contributed by atoms with E-state index in [0.29, 0.717) is 6.54 Å². The molecule has 1 unspecified atom stereocenters. The maximum atomic E-state index is 12.5. The van der Waals surface area contributed by atoms with Gasteiger partial charge < -0.3 is 15.3 Å². The Labute approximate surface area is 117 Å². The van der Waals surface area contributed by atoms with Crippen molar-refractivity contribution in [2.75, 3.05) is 18.0 Å². The Hall–Kier alpha value is -1.88. The lowest BCUT2D eigenvalue weighted by Gasteiger charge is -2.27. The minimum absolute atomic E-state index is 0.0890. The number of hydrogen-bond donors (Lipinski definition) is 2. The van der Waals surface area contributed by atoms with E-state index < -0.39 is 5.97 Å². The molecule has 0 aliphatic carbocycles. The van der Waals surface area contributed by atoms with Gasteiger partial charge in [-0.1, -0.05) is 6.42 Å². The molecule has 1 aromatic rings. The fourth-order valence-corrected chi connectivity index (χ4v) is 3.01. The summed E-state index contributed by atoms with van der Waals surface area (Å²) in [5, 5.41) is 12.3. The molecule has 1 fully saturated rings. The van der Waals surface area contributed by atoms with Crippen LogP contribution in [0.15, 0.2) is 18.2 Å². The summed E-state index contributed by atoms with van der Waals surface area (Å²) in [6.45, 7) is 1.55. The fourth-order valence-electron chi connectivity index (χ4n) is 3.01. The van der Waals surface area contributed by atoms with E-state index in [1.807, 2.05) is 0 Å². The molecule has 1 aromatic carbocycles. The monoisotopic (exact) mass is 274 g/mol. The number of nitrogens with one attached hydrogen (secondary N) is 1. The minimum atomic E-state index is -0.925. The molecule has 3 rings (SSSR count). The highest BCUT2D eigenvalue weighted by Crippen LogP contribution is 2.30. The van der Waals surface area contributed by atoms with E-state index in [4.69, 9.17) is 5.11 Å². The second-order valence-corrected chi connectivity index (χ2v) is 5.39. The average molecular weight is 274 g/mol. The number of amides is 1. The van der Waals surface area contributed by atoms with Gasteiger partial charge in [-0.25, -0.2) is 4.79 Å². The lowest BCUT2D eigenvalue weighted by atomic mass is 10.0. The van der Waals surface area contributed by atoms with E-state index >= 15 is 0 Å². The first-order valence-corrected chi connectivity index (χ1v) is 7.08. The summed E-state index contributed by atoms with van der Waals surface area (Å²) >= 11 is 0. The van der Waals surface area contributed by atoms with E-state index in [0.717, 1.165) is 43.5 Å². The molecule has 5 heteroatoms. The third-order valence-corrected chi connectivity index (χ3v) is 4.10. The third-order valence-electron chi connectivity index (χ3n) is 4.10. The van der Waals surface area contributed by atoms with Gasteiger partial charge in [0.15, 0.2) is 0 Å². The average Bonchev–Trinajstić information content (AvgIpc) is 2.90. The smallest absolute Gasteiger partial charge is 0.335 e. The van der Waals surface area contributed by atoms with E-state index in [9.17, 15) is 9.59 Å². The summed E-state index contributed by atoms with van der Waals surface area (Å²) < 4.78 is 0. The Balaban J connectivity index is 1.81. The van der Waals surface area contributed by atoms with Crippen molar-refractivity contribution in [1.82, 2.24) is 5.32 Å². The van der Waals surface area contributed by atoms with Gasteiger partial charge in [-0.3, -0.25) is 4.79 Å². The van der Waals surface area contributed by atoms with Gasteiger partial charge >= 0.3 is 5.97 Å². The van der Waals surface area contributed by atoms with Crippen LogP contribution in [0.5, 0.6) is 0 Å². The SMILES string of the molecule is O=C(O)c1ccc2c(c1)CCN2C(=O)C1CCCCN1. The lowest BCUT2D eigenvalue weighted by Crippen LogP contribution is -2.48. The molecule has 20 heavy (non-hydrogen) atoms. The van der Waals surface area contributed by atoms with Gasteiger partial charge in [0.25, 0.3) is 0 Å². The quantitative estimate of drug-likeness (QED) is 0.855. The molecule has 2 N–H and O–H groups in total. The van der Waals surface area contributed by atoms with E-state index in [1.54, 1.807) is 23.1 Å². The standard InChI is InChI=1S/C15H18N2O3/c18-14(12-3-1-2-7-16-12)17-8-6-10-9-11(15(19)20)4-5-13(10)17/h4-5,9,12,16H,1-3,6-8H2,(H,19,20). The van der Waals surface area contributed by atoms with Gasteiger partial charge in [-0.15, -0.1) is 0 Å². The summed E-state index contributed by atoms with van der Waals surface area (Å²) in [4.78, 5) is 25.3. The Bertz CT molecular complexity index is 550. The molecule has 2 aliphatic heterocycles. The number of hydrogen-bond acceptors (Lipinski definition) is 3. The number of benzene rings is 1. The maximum absolute atomic E-state index is 12.5. The van der Waals surface area contributed by atoms with Crippen LogP contribution in [0.1, 0.15) is 35.2 Å². The molecule has 2 aliphatic rings. The Kier molecular flexibility index (Phi) is 3.44. The van der Waals surface area contributed by atoms with Gasteiger partial charge in [0.05, 0.1) is 11.6 Å². The fraction of sp³-hybridized carbons (Fsp3) is 0.467. The molecular formula is C15H18N2O3. The van der Waals surface area contributed by atoms with Crippen molar-refractivity contribution in [2.45, 2.75) is 31.7 Å². The van der Waals surface area contributed by atoms with Crippen molar-refractivity contribution >= 4 is 17.6 Å². The molecule has 1 atom stereocenters. The van der Waals surface area contributed by atoms with Crippen LogP contribution in [0.4, 0.5) is 5.69 Å². The number of anilines is 1. The van der Waals surface area contributed by atoms with Gasteiger partial charge in [0, 0.05) is 12.2 Å². The second kappa shape index (κ2) is 5.25. The highest BCUT2D eigenvalue weighted by atomic mass is 16.4. The Morgan fingerprint density at radius 1 is 1.30 bits per heavy atom. The lowest BCUT2D eigenvalue weighted by molar-refractivity contribution is -0.121. The van der Waals surface area contributed by atoms with Crippen molar-refractivity contribution < 1.29 is 14.7 Å². The number of nitrogens with zero attached hydrogens (tertiary/aromatic N) is 1. The predicted octanol–water partition coefficient (Wildman–Crippen LogP) is 1.42. The van der Waals surface area contributed by atoms with E-state index in [-0.39, 0.29) is 17.5 Å². The molecule has 106 valence electrons. The van der Waals surface area contributed by atoms with Crippen molar-refractivity contribution in [3.05, 3.63) is 29.3 Å². The number of aromatic carboxylic acids is 1. The minimum Gasteiger partial charge on any atom is -0.478 e. The molecule has 1 saturated heterocycles. The van der Waals surface area contributed by atoms with Crippen LogP contribution in [0, 0.1) is 0 Å². The number of piperidine rings is 1. The molecular weight excluding hydrogens is 256 g/mol. The maximum Gasteiger partial charge on any atom is 0.335 e. The number of carboxylic acids is 1. The number of carboxylic acid groups (broad SMARTS) is 1. The summed E-state index contributed by atoms with van der Waals surface area (Å²) in [6, 6.07) is 4.92. The zero-order chi connectivity index (χ0) is 14.1. The Morgan fingerprint density at radius 3 is 2.85 bits per heavy atom. The largest absolute Gasteiger partial charge is 0.478 e. The van der Waals surface area contributed by atoms with Crippen molar-refractivity contribution in [2.24, 2.45) is 0 Å². The summed E-state index contributed by atoms with van der Waals surface area (Å²) in [5.74, 6) is -0.807. The molecule has 0 radical (unpaired) electrons. The summed E-state index contributed by atoms with van der Waals surface area (Å²) in [6.07, 6.45) is 3.83. The number of fused-ring (bicyclic) bond motifs is 1. The van der Waals surface area contributed by atoms with Crippen LogP contribution in [0.3, 0.4) is 0 Å². The molecule has 5 nitrogen and oxygen atoms in total. The number of carbonyl (C=O) groups excluding carboxylic acids is 1. The van der Waals surface area contributed by atoms with Crippen LogP contribution >= 0.6 is 0 Å². The highest BCUT2D eigenvalue weighted by molar-refractivity contribution is 5.99.